The standard InChI is InChI=1S/C19H15N3S/c1-2-7-14(8-3-1)13-23-19-15(9-6-12-20-19)18-21-16-10-4-5-11-17(16)22-18/h1-12H,13H2,(H,21,22). The third-order valence-electron chi connectivity index (χ3n) is 3.63. The highest BCUT2D eigenvalue weighted by molar-refractivity contribution is 7.98. The minimum absolute atomic E-state index is 0.870. The first-order chi connectivity index (χ1) is 11.4. The number of nitrogens with zero attached hydrogens (tertiary/aromatic N) is 2. The molecular weight excluding hydrogens is 302 g/mol. The second-order valence-corrected chi connectivity index (χ2v) is 6.20. The lowest BCUT2D eigenvalue weighted by atomic mass is 10.2. The normalized spacial score (nSPS) is 11.0. The van der Waals surface area contributed by atoms with Crippen molar-refractivity contribution in [3.05, 3.63) is 78.5 Å². The quantitative estimate of drug-likeness (QED) is 0.543. The van der Waals surface area contributed by atoms with E-state index in [1.54, 1.807) is 11.8 Å². The minimum Gasteiger partial charge on any atom is -0.338 e. The fraction of sp³-hybridized carbons (Fsp3) is 0.0526. The van der Waals surface area contributed by atoms with Crippen LogP contribution in [0.2, 0.25) is 0 Å². The van der Waals surface area contributed by atoms with Crippen LogP contribution >= 0.6 is 11.8 Å². The van der Waals surface area contributed by atoms with Gasteiger partial charge in [-0.1, -0.05) is 42.5 Å². The van der Waals surface area contributed by atoms with E-state index in [2.05, 4.69) is 45.3 Å². The molecule has 0 aliphatic heterocycles. The lowest BCUT2D eigenvalue weighted by molar-refractivity contribution is 1.12. The van der Waals surface area contributed by atoms with Crippen LogP contribution in [0.4, 0.5) is 0 Å². The van der Waals surface area contributed by atoms with Crippen molar-refractivity contribution in [3.63, 3.8) is 0 Å². The van der Waals surface area contributed by atoms with Crippen LogP contribution in [0.5, 0.6) is 0 Å². The summed E-state index contributed by atoms with van der Waals surface area (Å²) in [5, 5.41) is 0.996. The average molecular weight is 317 g/mol. The molecule has 0 aliphatic carbocycles. The van der Waals surface area contributed by atoms with E-state index in [0.717, 1.165) is 33.2 Å². The molecular formula is C19H15N3S. The van der Waals surface area contributed by atoms with Crippen molar-refractivity contribution in [2.75, 3.05) is 0 Å². The Bertz CT molecular complexity index is 898. The molecule has 0 saturated heterocycles. The molecule has 23 heavy (non-hydrogen) atoms. The molecule has 4 rings (SSSR count). The molecule has 0 fully saturated rings. The number of hydrogen-bond donors (Lipinski definition) is 1. The molecule has 0 bridgehead atoms. The topological polar surface area (TPSA) is 41.6 Å². The van der Waals surface area contributed by atoms with Gasteiger partial charge in [0.15, 0.2) is 0 Å². The molecule has 2 heterocycles. The zero-order valence-electron chi connectivity index (χ0n) is 12.4. The Balaban J connectivity index is 1.66. The molecule has 0 atom stereocenters. The van der Waals surface area contributed by atoms with E-state index < -0.39 is 0 Å². The third kappa shape index (κ3) is 2.98. The van der Waals surface area contributed by atoms with E-state index in [1.165, 1.54) is 5.56 Å². The Morgan fingerprint density at radius 2 is 1.70 bits per heavy atom. The van der Waals surface area contributed by atoms with Crippen LogP contribution in [0.1, 0.15) is 5.56 Å². The van der Waals surface area contributed by atoms with Gasteiger partial charge in [0.05, 0.1) is 11.0 Å². The monoisotopic (exact) mass is 317 g/mol. The Morgan fingerprint density at radius 3 is 2.57 bits per heavy atom. The van der Waals surface area contributed by atoms with Gasteiger partial charge in [-0.25, -0.2) is 9.97 Å². The maximum atomic E-state index is 4.69. The van der Waals surface area contributed by atoms with Crippen molar-refractivity contribution in [2.45, 2.75) is 10.8 Å². The number of aromatic amines is 1. The third-order valence-corrected chi connectivity index (χ3v) is 4.71. The van der Waals surface area contributed by atoms with Crippen LogP contribution in [-0.2, 0) is 5.75 Å². The number of thioether (sulfide) groups is 1. The molecule has 2 aromatic heterocycles. The molecule has 1 N–H and O–H groups in total. The van der Waals surface area contributed by atoms with Gasteiger partial charge >= 0.3 is 0 Å². The number of aromatic nitrogens is 3. The number of imidazole rings is 1. The van der Waals surface area contributed by atoms with Crippen LogP contribution in [0.15, 0.2) is 78.0 Å². The summed E-state index contributed by atoms with van der Waals surface area (Å²) in [7, 11) is 0. The molecule has 4 aromatic rings. The molecule has 0 unspecified atom stereocenters. The fourth-order valence-electron chi connectivity index (χ4n) is 2.49. The molecule has 2 aromatic carbocycles. The highest BCUT2D eigenvalue weighted by Crippen LogP contribution is 2.30. The van der Waals surface area contributed by atoms with Gasteiger partial charge in [0.2, 0.25) is 0 Å². The first-order valence-electron chi connectivity index (χ1n) is 7.47. The highest BCUT2D eigenvalue weighted by Gasteiger charge is 2.11. The number of rotatable bonds is 4. The Morgan fingerprint density at radius 1 is 0.870 bits per heavy atom. The van der Waals surface area contributed by atoms with Gasteiger partial charge in [0, 0.05) is 17.5 Å². The maximum Gasteiger partial charge on any atom is 0.141 e. The summed E-state index contributed by atoms with van der Waals surface area (Å²) in [6, 6.07) is 22.5. The second kappa shape index (κ2) is 6.26. The molecule has 0 amide bonds. The summed E-state index contributed by atoms with van der Waals surface area (Å²) < 4.78 is 0. The van der Waals surface area contributed by atoms with E-state index in [1.807, 2.05) is 42.6 Å². The Labute approximate surface area is 138 Å². The number of nitrogens with one attached hydrogen (secondary N) is 1. The first-order valence-corrected chi connectivity index (χ1v) is 8.45. The average Bonchev–Trinajstić information content (AvgIpc) is 3.05. The van der Waals surface area contributed by atoms with Crippen molar-refractivity contribution < 1.29 is 0 Å². The van der Waals surface area contributed by atoms with Crippen molar-refractivity contribution >= 4 is 22.8 Å². The molecule has 0 aliphatic rings. The van der Waals surface area contributed by atoms with Gasteiger partial charge in [0.25, 0.3) is 0 Å². The first kappa shape index (κ1) is 14.0. The number of para-hydroxylation sites is 2. The van der Waals surface area contributed by atoms with Crippen molar-refractivity contribution in [1.82, 2.24) is 15.0 Å². The highest BCUT2D eigenvalue weighted by atomic mass is 32.2. The zero-order valence-corrected chi connectivity index (χ0v) is 13.3. The van der Waals surface area contributed by atoms with E-state index in [9.17, 15) is 0 Å². The maximum absolute atomic E-state index is 4.69. The molecule has 0 spiro atoms. The van der Waals surface area contributed by atoms with Crippen LogP contribution in [0, 0.1) is 0 Å². The van der Waals surface area contributed by atoms with E-state index in [4.69, 9.17) is 0 Å². The van der Waals surface area contributed by atoms with E-state index in [-0.39, 0.29) is 0 Å². The summed E-state index contributed by atoms with van der Waals surface area (Å²) in [4.78, 5) is 12.6. The van der Waals surface area contributed by atoms with Crippen molar-refractivity contribution in [1.29, 1.82) is 0 Å². The van der Waals surface area contributed by atoms with Gasteiger partial charge in [-0.05, 0) is 29.8 Å². The number of H-pyrrole nitrogens is 1. The van der Waals surface area contributed by atoms with Gasteiger partial charge in [-0.3, -0.25) is 0 Å². The summed E-state index contributed by atoms with van der Waals surface area (Å²) in [6.45, 7) is 0. The molecule has 0 saturated carbocycles. The summed E-state index contributed by atoms with van der Waals surface area (Å²) >= 11 is 1.73. The van der Waals surface area contributed by atoms with Crippen molar-refractivity contribution in [2.24, 2.45) is 0 Å². The van der Waals surface area contributed by atoms with Crippen molar-refractivity contribution in [3.8, 4) is 11.4 Å². The van der Waals surface area contributed by atoms with E-state index in [0.29, 0.717) is 0 Å². The summed E-state index contributed by atoms with van der Waals surface area (Å²) in [5.74, 6) is 1.76. The number of benzene rings is 2. The minimum atomic E-state index is 0.870. The van der Waals surface area contributed by atoms with Gasteiger partial charge in [-0.2, -0.15) is 0 Å². The Hall–Kier alpha value is -2.59. The smallest absolute Gasteiger partial charge is 0.141 e. The lowest BCUT2D eigenvalue weighted by Gasteiger charge is -2.06. The van der Waals surface area contributed by atoms with Gasteiger partial charge < -0.3 is 4.98 Å². The van der Waals surface area contributed by atoms with Crippen LogP contribution in [0.3, 0.4) is 0 Å². The molecule has 112 valence electrons. The molecule has 0 radical (unpaired) electrons. The predicted molar refractivity (Wildman–Crippen MR) is 95.3 cm³/mol. The van der Waals surface area contributed by atoms with Gasteiger partial charge in [-0.15, -0.1) is 11.8 Å². The lowest BCUT2D eigenvalue weighted by Crippen LogP contribution is -1.89. The fourth-order valence-corrected chi connectivity index (χ4v) is 3.44. The SMILES string of the molecule is c1ccc(CSc2ncccc2-c2nc3ccccc3[nH]2)cc1. The Kier molecular flexibility index (Phi) is 3.82. The zero-order chi connectivity index (χ0) is 15.5. The number of pyridine rings is 1. The summed E-state index contributed by atoms with van der Waals surface area (Å²) in [6.07, 6.45) is 1.83. The van der Waals surface area contributed by atoms with Crippen LogP contribution < -0.4 is 0 Å². The molecule has 3 nitrogen and oxygen atoms in total. The summed E-state index contributed by atoms with van der Waals surface area (Å²) in [5.41, 5.74) is 4.36. The van der Waals surface area contributed by atoms with Crippen LogP contribution in [-0.4, -0.2) is 15.0 Å². The van der Waals surface area contributed by atoms with E-state index >= 15 is 0 Å². The number of hydrogen-bond acceptors (Lipinski definition) is 3. The molecule has 4 heteroatoms. The van der Waals surface area contributed by atoms with Crippen LogP contribution in [0.25, 0.3) is 22.4 Å². The number of fused-ring (bicyclic) bond motifs is 1. The predicted octanol–water partition coefficient (Wildman–Crippen LogP) is 4.92. The van der Waals surface area contributed by atoms with Gasteiger partial charge in [0.1, 0.15) is 10.9 Å². The second-order valence-electron chi connectivity index (χ2n) is 5.23. The largest absolute Gasteiger partial charge is 0.338 e.